The maximum Gasteiger partial charge on any atom is 0.293 e. The maximum atomic E-state index is 10.8. The summed E-state index contributed by atoms with van der Waals surface area (Å²) < 4.78 is 17.1. The molecule has 0 amide bonds. The van der Waals surface area contributed by atoms with Gasteiger partial charge in [-0.15, -0.1) is 0 Å². The van der Waals surface area contributed by atoms with Crippen LogP contribution in [0.15, 0.2) is 36.4 Å². The second kappa shape index (κ2) is 10.5. The van der Waals surface area contributed by atoms with Crippen LogP contribution in [0.25, 0.3) is 21.8 Å². The third-order valence-corrected chi connectivity index (χ3v) is 7.02. The van der Waals surface area contributed by atoms with Gasteiger partial charge in [0.2, 0.25) is 0 Å². The molecule has 3 aromatic rings. The lowest BCUT2D eigenvalue weighted by Gasteiger charge is -2.20. The van der Waals surface area contributed by atoms with Gasteiger partial charge in [-0.25, -0.2) is 4.98 Å². The number of nitrogens with zero attached hydrogens (tertiary/aromatic N) is 2. The average Bonchev–Trinajstić information content (AvgIpc) is 3.54. The fourth-order valence-corrected chi connectivity index (χ4v) is 5.28. The van der Waals surface area contributed by atoms with Crippen LogP contribution in [0, 0.1) is 0 Å². The van der Waals surface area contributed by atoms with Crippen LogP contribution < -0.4 is 14.8 Å². The third kappa shape index (κ3) is 4.89. The molecule has 5 rings (SSSR count). The van der Waals surface area contributed by atoms with E-state index in [1.54, 1.807) is 7.11 Å². The van der Waals surface area contributed by atoms with E-state index in [1.807, 2.05) is 30.3 Å². The van der Waals surface area contributed by atoms with Crippen LogP contribution in [0.5, 0.6) is 11.5 Å². The molecule has 1 N–H and O–H groups in total. The highest BCUT2D eigenvalue weighted by Gasteiger charge is 2.27. The summed E-state index contributed by atoms with van der Waals surface area (Å²) in [6.45, 7) is 4.69. The van der Waals surface area contributed by atoms with E-state index in [4.69, 9.17) is 19.2 Å². The van der Waals surface area contributed by atoms with Gasteiger partial charge in [-0.05, 0) is 57.3 Å². The molecule has 2 fully saturated rings. The van der Waals surface area contributed by atoms with Crippen molar-refractivity contribution in [3.8, 4) is 11.5 Å². The zero-order valence-electron chi connectivity index (χ0n) is 19.8. The van der Waals surface area contributed by atoms with E-state index >= 15 is 0 Å². The third-order valence-electron chi connectivity index (χ3n) is 7.02. The maximum absolute atomic E-state index is 10.8. The zero-order valence-corrected chi connectivity index (χ0v) is 19.8. The van der Waals surface area contributed by atoms with E-state index in [1.165, 1.54) is 25.9 Å². The number of pyridine rings is 1. The van der Waals surface area contributed by atoms with Crippen molar-refractivity contribution >= 4 is 34.0 Å². The van der Waals surface area contributed by atoms with Crippen molar-refractivity contribution < 1.29 is 19.0 Å². The van der Waals surface area contributed by atoms with Crippen molar-refractivity contribution in [1.82, 2.24) is 9.88 Å². The minimum absolute atomic E-state index is 0.0236. The molecular formula is C27H33N3O4. The molecule has 7 heteroatoms. The molecule has 2 aliphatic rings. The molecule has 0 radical (unpaired) electrons. The van der Waals surface area contributed by atoms with Gasteiger partial charge in [0, 0.05) is 35.8 Å². The minimum atomic E-state index is -0.0236. The van der Waals surface area contributed by atoms with Gasteiger partial charge in [-0.3, -0.25) is 4.79 Å². The van der Waals surface area contributed by atoms with Crippen LogP contribution in [0.3, 0.4) is 0 Å². The van der Waals surface area contributed by atoms with Gasteiger partial charge >= 0.3 is 0 Å². The molecule has 1 saturated carbocycles. The van der Waals surface area contributed by atoms with Crippen molar-refractivity contribution in [2.45, 2.75) is 50.7 Å². The Hall–Kier alpha value is -3.06. The van der Waals surface area contributed by atoms with Crippen LogP contribution in [-0.2, 0) is 9.53 Å². The molecule has 1 saturated heterocycles. The highest BCUT2D eigenvalue weighted by atomic mass is 16.5. The Morgan fingerprint density at radius 2 is 1.94 bits per heavy atom. The molecule has 0 unspecified atom stereocenters. The molecule has 180 valence electrons. The summed E-state index contributed by atoms with van der Waals surface area (Å²) in [6.07, 6.45) is 6.20. The Bertz CT molecular complexity index is 1150. The molecule has 0 bridgehead atoms. The summed E-state index contributed by atoms with van der Waals surface area (Å²) in [5.41, 5.74) is 2.84. The summed E-state index contributed by atoms with van der Waals surface area (Å²) in [4.78, 5) is 18.2. The van der Waals surface area contributed by atoms with E-state index in [9.17, 15) is 4.79 Å². The molecule has 1 aliphatic heterocycles. The number of rotatable bonds is 10. The number of carbonyl (C=O) groups excluding carboxylic acids is 1. The van der Waals surface area contributed by atoms with E-state index in [0.717, 1.165) is 65.5 Å². The van der Waals surface area contributed by atoms with Crippen molar-refractivity contribution in [3.63, 3.8) is 0 Å². The van der Waals surface area contributed by atoms with E-state index in [0.29, 0.717) is 18.8 Å². The Kier molecular flexibility index (Phi) is 7.00. The average molecular weight is 464 g/mol. The smallest absolute Gasteiger partial charge is 0.293 e. The van der Waals surface area contributed by atoms with Crippen molar-refractivity contribution in [2.75, 3.05) is 38.7 Å². The first-order valence-electron chi connectivity index (χ1n) is 12.4. The van der Waals surface area contributed by atoms with Gasteiger partial charge in [-0.1, -0.05) is 18.2 Å². The summed E-state index contributed by atoms with van der Waals surface area (Å²) in [5.74, 6) is 1.44. The SMILES string of the molecule is COc1cc2c(N[C@@H]3CC[C@@H](OC=O)C3)c3ccccc3nc2cc1OCCCN1CCCC1. The summed E-state index contributed by atoms with van der Waals surface area (Å²) in [5, 5.41) is 5.80. The lowest BCUT2D eigenvalue weighted by atomic mass is 10.1. The number of ether oxygens (including phenoxy) is 3. The summed E-state index contributed by atoms with van der Waals surface area (Å²) in [7, 11) is 1.68. The second-order valence-corrected chi connectivity index (χ2v) is 9.28. The fourth-order valence-electron chi connectivity index (χ4n) is 5.28. The van der Waals surface area contributed by atoms with Crippen LogP contribution in [0.1, 0.15) is 38.5 Å². The van der Waals surface area contributed by atoms with Crippen molar-refractivity contribution in [1.29, 1.82) is 0 Å². The second-order valence-electron chi connectivity index (χ2n) is 9.28. The van der Waals surface area contributed by atoms with Gasteiger partial charge in [-0.2, -0.15) is 0 Å². The van der Waals surface area contributed by atoms with Crippen LogP contribution in [0.2, 0.25) is 0 Å². The summed E-state index contributed by atoms with van der Waals surface area (Å²) in [6, 6.07) is 12.4. The van der Waals surface area contributed by atoms with Gasteiger partial charge < -0.3 is 24.4 Å². The van der Waals surface area contributed by atoms with Crippen molar-refractivity contribution in [3.05, 3.63) is 36.4 Å². The quantitative estimate of drug-likeness (QED) is 0.264. The van der Waals surface area contributed by atoms with E-state index in [-0.39, 0.29) is 12.1 Å². The van der Waals surface area contributed by atoms with Gasteiger partial charge in [0.05, 0.1) is 30.4 Å². The largest absolute Gasteiger partial charge is 0.493 e. The number of nitrogens with one attached hydrogen (secondary N) is 1. The van der Waals surface area contributed by atoms with Crippen molar-refractivity contribution in [2.24, 2.45) is 0 Å². The molecular weight excluding hydrogens is 430 g/mol. The topological polar surface area (TPSA) is 72.9 Å². The first kappa shape index (κ1) is 22.7. The number of likely N-dealkylation sites (tertiary alicyclic amines) is 1. The number of hydrogen-bond donors (Lipinski definition) is 1. The molecule has 1 aliphatic carbocycles. The number of aromatic nitrogens is 1. The van der Waals surface area contributed by atoms with E-state index < -0.39 is 0 Å². The molecule has 7 nitrogen and oxygen atoms in total. The number of anilines is 1. The Balaban J connectivity index is 1.42. The predicted molar refractivity (Wildman–Crippen MR) is 134 cm³/mol. The van der Waals surface area contributed by atoms with E-state index in [2.05, 4.69) is 16.3 Å². The number of hydrogen-bond acceptors (Lipinski definition) is 7. The number of fused-ring (bicyclic) bond motifs is 2. The Labute approximate surface area is 200 Å². The van der Waals surface area contributed by atoms with Crippen LogP contribution >= 0.6 is 0 Å². The van der Waals surface area contributed by atoms with Gasteiger partial charge in [0.1, 0.15) is 6.10 Å². The molecule has 1 aromatic heterocycles. The highest BCUT2D eigenvalue weighted by molar-refractivity contribution is 6.08. The number of carbonyl (C=O) groups is 1. The highest BCUT2D eigenvalue weighted by Crippen LogP contribution is 2.39. The van der Waals surface area contributed by atoms with Crippen LogP contribution in [-0.4, -0.2) is 61.9 Å². The summed E-state index contributed by atoms with van der Waals surface area (Å²) >= 11 is 0. The zero-order chi connectivity index (χ0) is 23.3. The first-order valence-corrected chi connectivity index (χ1v) is 12.4. The fraction of sp³-hybridized carbons (Fsp3) is 0.481. The molecule has 34 heavy (non-hydrogen) atoms. The Morgan fingerprint density at radius 1 is 1.09 bits per heavy atom. The monoisotopic (exact) mass is 463 g/mol. The first-order chi connectivity index (χ1) is 16.7. The normalized spacial score (nSPS) is 20.6. The molecule has 2 heterocycles. The van der Waals surface area contributed by atoms with Gasteiger partial charge in [0.25, 0.3) is 6.47 Å². The lowest BCUT2D eigenvalue weighted by molar-refractivity contribution is -0.133. The lowest BCUT2D eigenvalue weighted by Crippen LogP contribution is -2.22. The number of methoxy groups -OCH3 is 1. The Morgan fingerprint density at radius 3 is 2.76 bits per heavy atom. The number of para-hydroxylation sites is 1. The minimum Gasteiger partial charge on any atom is -0.493 e. The predicted octanol–water partition coefficient (Wildman–Crippen LogP) is 4.77. The number of benzene rings is 2. The standard InChI is InChI=1S/C27H33N3O4/c1-32-25-16-22-24(17-26(25)33-14-6-13-30-11-4-5-12-30)29-23-8-3-2-7-21(23)27(22)28-19-9-10-20(15-19)34-18-31/h2-3,7-8,16-20H,4-6,9-15H2,1H3,(H,28,29)/t19-,20-/m1/s1. The molecule has 2 atom stereocenters. The molecule has 0 spiro atoms. The van der Waals surface area contributed by atoms with Crippen LogP contribution in [0.4, 0.5) is 5.69 Å². The molecule has 2 aromatic carbocycles. The van der Waals surface area contributed by atoms with Gasteiger partial charge in [0.15, 0.2) is 11.5 Å².